The maximum Gasteiger partial charge on any atom is 0.209 e. The molecule has 0 N–H and O–H groups in total. The zero-order valence-electron chi connectivity index (χ0n) is 23.2. The number of ether oxygens (including phenoxy) is 2. The third-order valence-electron chi connectivity index (χ3n) is 6.24. The van der Waals surface area contributed by atoms with Gasteiger partial charge in [-0.3, -0.25) is 0 Å². The first-order valence-electron chi connectivity index (χ1n) is 13.0. The number of hydrogen-bond acceptors (Lipinski definition) is 12. The van der Waals surface area contributed by atoms with Crippen LogP contribution in [0.1, 0.15) is 13.8 Å². The molecule has 214 valence electrons. The average Bonchev–Trinajstić information content (AvgIpc) is 3.85. The lowest BCUT2D eigenvalue weighted by Crippen LogP contribution is -2.00. The summed E-state index contributed by atoms with van der Waals surface area (Å²) >= 11 is 0. The highest BCUT2D eigenvalue weighted by atomic mass is 33.1. The van der Waals surface area contributed by atoms with Gasteiger partial charge in [-0.15, -0.1) is 20.4 Å². The lowest BCUT2D eigenvalue weighted by atomic mass is 10.3. The molecule has 0 bridgehead atoms. The highest BCUT2D eigenvalue weighted by Crippen LogP contribution is 2.45. The summed E-state index contributed by atoms with van der Waals surface area (Å²) in [5.74, 6) is 2.47. The second-order valence-corrected chi connectivity index (χ2v) is 10.8. The molecule has 6 aromatic rings. The van der Waals surface area contributed by atoms with Gasteiger partial charge in [-0.2, -0.15) is 19.8 Å². The molecule has 42 heavy (non-hydrogen) atoms. The van der Waals surface area contributed by atoms with Crippen molar-refractivity contribution in [3.05, 3.63) is 60.9 Å². The summed E-state index contributed by atoms with van der Waals surface area (Å²) in [4.78, 5) is 3.09. The molecule has 0 aliphatic rings. The van der Waals surface area contributed by atoms with Crippen molar-refractivity contribution in [2.24, 2.45) is 0 Å². The largest absolute Gasteiger partial charge is 0.497 e. The van der Waals surface area contributed by atoms with Crippen LogP contribution in [0.4, 0.5) is 0 Å². The number of aryl methyl sites for hydroxylation is 2. The number of hydrogen-bond donors (Lipinski definition) is 0. The third-order valence-corrected chi connectivity index (χ3v) is 8.62. The Balaban J connectivity index is 1.43. The topological polar surface area (TPSA) is 141 Å². The molecular formula is C26H26N12O2S2. The third kappa shape index (κ3) is 5.33. The molecule has 0 aliphatic carbocycles. The highest BCUT2D eigenvalue weighted by molar-refractivity contribution is 8.76. The summed E-state index contributed by atoms with van der Waals surface area (Å²) < 4.78 is 14.4. The summed E-state index contributed by atoms with van der Waals surface area (Å²) in [6.07, 6.45) is 3.50. The lowest BCUT2D eigenvalue weighted by Gasteiger charge is -2.11. The van der Waals surface area contributed by atoms with Crippen LogP contribution in [0.5, 0.6) is 11.5 Å². The van der Waals surface area contributed by atoms with Crippen LogP contribution < -0.4 is 9.47 Å². The fourth-order valence-electron chi connectivity index (χ4n) is 4.01. The van der Waals surface area contributed by atoms with Gasteiger partial charge in [0, 0.05) is 0 Å². The Bertz CT molecular complexity index is 1660. The fourth-order valence-corrected chi connectivity index (χ4v) is 6.51. The Kier molecular flexibility index (Phi) is 7.87. The van der Waals surface area contributed by atoms with E-state index in [9.17, 15) is 0 Å². The molecule has 0 amide bonds. The van der Waals surface area contributed by atoms with Crippen molar-refractivity contribution < 1.29 is 9.47 Å². The van der Waals surface area contributed by atoms with Gasteiger partial charge in [0.05, 0.1) is 62.2 Å². The van der Waals surface area contributed by atoms with Crippen LogP contribution in [-0.2, 0) is 13.1 Å². The van der Waals surface area contributed by atoms with Gasteiger partial charge in [-0.05, 0) is 94.4 Å². The first kappa shape index (κ1) is 27.5. The predicted octanol–water partition coefficient (Wildman–Crippen LogP) is 4.22. The van der Waals surface area contributed by atoms with E-state index in [2.05, 4.69) is 30.8 Å². The smallest absolute Gasteiger partial charge is 0.209 e. The Labute approximate surface area is 248 Å². The molecule has 4 heterocycles. The molecular weight excluding hydrogens is 577 g/mol. The van der Waals surface area contributed by atoms with Crippen LogP contribution in [0.15, 0.2) is 71.0 Å². The molecule has 0 spiro atoms. The van der Waals surface area contributed by atoms with Gasteiger partial charge in [0.1, 0.15) is 21.6 Å². The Morgan fingerprint density at radius 2 is 1.02 bits per heavy atom. The van der Waals surface area contributed by atoms with Crippen molar-refractivity contribution in [1.82, 2.24) is 60.0 Å². The quantitative estimate of drug-likeness (QED) is 0.196. The minimum atomic E-state index is 0.483. The maximum absolute atomic E-state index is 5.35. The molecule has 2 aromatic carbocycles. The fraction of sp³-hybridized carbons (Fsp3) is 0.231. The minimum Gasteiger partial charge on any atom is -0.497 e. The standard InChI is InChI=1S/C26H26N12O2S2/c1-5-35-31-23(29-33-35)21-15-27-37(17-7-11-19(39-3)12-8-17)25(21)41-42-26-22(24-30-34-36(6-2)32-24)16-28-38(26)18-9-13-20(40-4)14-10-18/h7-16H,5-6H2,1-4H3. The number of tetrazole rings is 2. The van der Waals surface area contributed by atoms with E-state index in [1.807, 2.05) is 71.7 Å². The predicted molar refractivity (Wildman–Crippen MR) is 157 cm³/mol. The lowest BCUT2D eigenvalue weighted by molar-refractivity contribution is 0.414. The van der Waals surface area contributed by atoms with Crippen LogP contribution in [0, 0.1) is 0 Å². The van der Waals surface area contributed by atoms with Crippen LogP contribution >= 0.6 is 21.6 Å². The van der Waals surface area contributed by atoms with Gasteiger partial charge in [0.25, 0.3) is 0 Å². The molecule has 0 fully saturated rings. The molecule has 0 radical (unpaired) electrons. The molecule has 0 unspecified atom stereocenters. The van der Waals surface area contributed by atoms with Crippen molar-refractivity contribution in [3.63, 3.8) is 0 Å². The first-order valence-corrected chi connectivity index (χ1v) is 15.1. The molecule has 16 heteroatoms. The number of nitrogens with zero attached hydrogens (tertiary/aromatic N) is 12. The molecule has 6 rings (SSSR count). The summed E-state index contributed by atoms with van der Waals surface area (Å²) in [6, 6.07) is 15.3. The molecule has 0 aliphatic heterocycles. The maximum atomic E-state index is 5.35. The Morgan fingerprint density at radius 1 is 0.619 bits per heavy atom. The van der Waals surface area contributed by atoms with E-state index < -0.39 is 0 Å². The number of aromatic nitrogens is 12. The van der Waals surface area contributed by atoms with Gasteiger partial charge in [0.15, 0.2) is 0 Å². The van der Waals surface area contributed by atoms with Gasteiger partial charge < -0.3 is 9.47 Å². The molecule has 4 aromatic heterocycles. The summed E-state index contributed by atoms with van der Waals surface area (Å²) in [5.41, 5.74) is 3.19. The van der Waals surface area contributed by atoms with E-state index in [1.165, 1.54) is 21.6 Å². The van der Waals surface area contributed by atoms with Gasteiger partial charge in [-0.1, -0.05) is 0 Å². The van der Waals surface area contributed by atoms with E-state index in [-0.39, 0.29) is 0 Å². The van der Waals surface area contributed by atoms with Crippen LogP contribution in [0.25, 0.3) is 34.2 Å². The first-order chi connectivity index (χ1) is 20.6. The Morgan fingerprint density at radius 3 is 1.36 bits per heavy atom. The van der Waals surface area contributed by atoms with E-state index in [1.54, 1.807) is 36.2 Å². The van der Waals surface area contributed by atoms with Crippen LogP contribution in [-0.4, -0.2) is 74.2 Å². The summed E-state index contributed by atoms with van der Waals surface area (Å²) in [7, 11) is 6.26. The van der Waals surface area contributed by atoms with Gasteiger partial charge in [0.2, 0.25) is 11.6 Å². The van der Waals surface area contributed by atoms with Crippen LogP contribution in [0.3, 0.4) is 0 Å². The van der Waals surface area contributed by atoms with E-state index in [0.29, 0.717) is 24.7 Å². The zero-order valence-corrected chi connectivity index (χ0v) is 24.8. The number of rotatable bonds is 11. The van der Waals surface area contributed by atoms with Crippen molar-refractivity contribution >= 4 is 21.6 Å². The monoisotopic (exact) mass is 602 g/mol. The van der Waals surface area contributed by atoms with Crippen molar-refractivity contribution in [3.8, 4) is 45.6 Å². The van der Waals surface area contributed by atoms with Gasteiger partial charge >= 0.3 is 0 Å². The minimum absolute atomic E-state index is 0.483. The van der Waals surface area contributed by atoms with Crippen molar-refractivity contribution in [2.45, 2.75) is 37.0 Å². The number of methoxy groups -OCH3 is 2. The molecule has 0 saturated carbocycles. The summed E-state index contributed by atoms with van der Waals surface area (Å²) in [6.45, 7) is 5.13. The Hall–Kier alpha value is -4.70. The zero-order chi connectivity index (χ0) is 29.1. The second-order valence-electron chi connectivity index (χ2n) is 8.72. The second kappa shape index (κ2) is 12.0. The molecule has 0 saturated heterocycles. The molecule has 14 nitrogen and oxygen atoms in total. The normalized spacial score (nSPS) is 11.2. The molecule has 0 atom stereocenters. The highest BCUT2D eigenvalue weighted by Gasteiger charge is 2.24. The number of benzene rings is 2. The SMILES string of the molecule is CCn1nnc(-c2cnn(-c3ccc(OC)cc3)c2SSc2c(-c3nnn(CC)n3)cnn2-c2ccc(OC)cc2)n1. The van der Waals surface area contributed by atoms with Gasteiger partial charge in [-0.25, -0.2) is 9.36 Å². The summed E-state index contributed by atoms with van der Waals surface area (Å²) in [5, 5.41) is 37.0. The van der Waals surface area contributed by atoms with Crippen molar-refractivity contribution in [1.29, 1.82) is 0 Å². The average molecular weight is 603 g/mol. The van der Waals surface area contributed by atoms with E-state index in [0.717, 1.165) is 44.1 Å². The van der Waals surface area contributed by atoms with Crippen molar-refractivity contribution in [2.75, 3.05) is 14.2 Å². The van der Waals surface area contributed by atoms with E-state index in [4.69, 9.17) is 19.7 Å². The van der Waals surface area contributed by atoms with Crippen LogP contribution in [0.2, 0.25) is 0 Å². The van der Waals surface area contributed by atoms with E-state index >= 15 is 0 Å².